The number of aromatic carboxylic acids is 1. The van der Waals surface area contributed by atoms with Crippen LogP contribution in [0.3, 0.4) is 0 Å². The fourth-order valence-electron chi connectivity index (χ4n) is 2.87. The number of nitrogens with zero attached hydrogens (tertiary/aromatic N) is 1. The van der Waals surface area contributed by atoms with Crippen molar-refractivity contribution in [3.63, 3.8) is 0 Å². The van der Waals surface area contributed by atoms with Crippen LogP contribution in [0.4, 0.5) is 10.2 Å². The Morgan fingerprint density at radius 2 is 1.59 bits per heavy atom. The molecule has 3 rings (SSSR count). The molecule has 0 unspecified atom stereocenters. The Balaban J connectivity index is 2.12. The molecule has 0 heterocycles. The van der Waals surface area contributed by atoms with E-state index in [9.17, 15) is 14.7 Å². The van der Waals surface area contributed by atoms with Crippen molar-refractivity contribution in [3.05, 3.63) is 81.8 Å². The van der Waals surface area contributed by atoms with E-state index in [2.05, 4.69) is 0 Å². The van der Waals surface area contributed by atoms with Crippen LogP contribution in [0.15, 0.2) is 60.7 Å². The van der Waals surface area contributed by atoms with Gasteiger partial charge >= 0.3 is 5.97 Å². The predicted octanol–water partition coefficient (Wildman–Crippen LogP) is 5.90. The number of carbonyl (C=O) groups excluding carboxylic acids is 1. The fraction of sp³-hybridized carbons (Fsp3) is 0.0476. The van der Waals surface area contributed by atoms with Gasteiger partial charge in [0.2, 0.25) is 0 Å². The first kappa shape index (κ1) is 20.6. The summed E-state index contributed by atoms with van der Waals surface area (Å²) in [6.45, 7) is 0. The third kappa shape index (κ3) is 3.90. The number of carboxylic acids is 1. The molecule has 0 spiro atoms. The minimum Gasteiger partial charge on any atom is -0.494 e. The van der Waals surface area contributed by atoms with E-state index in [0.717, 1.165) is 5.56 Å². The first-order chi connectivity index (χ1) is 13.9. The standard InChI is InChI=1S/C21H14Cl2FNO4/c1-29-19-15(12-7-3-2-4-8-12)11-16(22)18(17(19)23)25(24)20(26)13-9-5-6-10-14(13)21(27)28/h2-11H,1H3,(H,27,28). The molecule has 0 saturated heterocycles. The topological polar surface area (TPSA) is 66.8 Å². The molecule has 0 bridgehead atoms. The first-order valence-corrected chi connectivity index (χ1v) is 9.06. The average Bonchev–Trinajstić information content (AvgIpc) is 2.73. The van der Waals surface area contributed by atoms with Gasteiger partial charge in [-0.2, -0.15) is 0 Å². The highest BCUT2D eigenvalue weighted by Gasteiger charge is 2.29. The van der Waals surface area contributed by atoms with Crippen LogP contribution in [0, 0.1) is 0 Å². The van der Waals surface area contributed by atoms with Crippen molar-refractivity contribution in [1.82, 2.24) is 0 Å². The second kappa shape index (κ2) is 8.51. The number of ether oxygens (including phenoxy) is 1. The van der Waals surface area contributed by atoms with Gasteiger partial charge in [-0.1, -0.05) is 70.1 Å². The highest BCUT2D eigenvalue weighted by molar-refractivity contribution is 6.41. The predicted molar refractivity (Wildman–Crippen MR) is 110 cm³/mol. The number of rotatable bonds is 5. The quantitative estimate of drug-likeness (QED) is 0.508. The normalized spacial score (nSPS) is 10.5. The molecular weight excluding hydrogens is 420 g/mol. The number of methoxy groups -OCH3 is 1. The van der Waals surface area contributed by atoms with Crippen LogP contribution >= 0.6 is 23.2 Å². The van der Waals surface area contributed by atoms with Crippen LogP contribution in [-0.4, -0.2) is 24.1 Å². The van der Waals surface area contributed by atoms with Crippen molar-refractivity contribution >= 4 is 40.8 Å². The minimum atomic E-state index is -1.36. The molecule has 8 heteroatoms. The van der Waals surface area contributed by atoms with Gasteiger partial charge in [-0.3, -0.25) is 4.79 Å². The zero-order valence-corrected chi connectivity index (χ0v) is 16.5. The second-order valence-electron chi connectivity index (χ2n) is 5.90. The van der Waals surface area contributed by atoms with Crippen molar-refractivity contribution in [2.75, 3.05) is 12.2 Å². The van der Waals surface area contributed by atoms with E-state index >= 15 is 4.48 Å². The number of hydrogen-bond acceptors (Lipinski definition) is 3. The minimum absolute atomic E-state index is 0.124. The van der Waals surface area contributed by atoms with Crippen molar-refractivity contribution in [3.8, 4) is 16.9 Å². The van der Waals surface area contributed by atoms with Gasteiger partial charge in [-0.15, -0.1) is 5.12 Å². The maximum Gasteiger partial charge on any atom is 0.336 e. The molecule has 0 fully saturated rings. The van der Waals surface area contributed by atoms with Gasteiger partial charge in [-0.05, 0) is 23.8 Å². The molecule has 1 amide bonds. The average molecular weight is 434 g/mol. The van der Waals surface area contributed by atoms with E-state index in [4.69, 9.17) is 27.9 Å². The van der Waals surface area contributed by atoms with Crippen molar-refractivity contribution in [1.29, 1.82) is 0 Å². The van der Waals surface area contributed by atoms with Crippen molar-refractivity contribution in [2.24, 2.45) is 0 Å². The van der Waals surface area contributed by atoms with E-state index in [0.29, 0.717) is 5.56 Å². The van der Waals surface area contributed by atoms with Crippen LogP contribution in [0.25, 0.3) is 11.1 Å². The molecule has 29 heavy (non-hydrogen) atoms. The number of hydrogen-bond donors (Lipinski definition) is 1. The summed E-state index contributed by atoms with van der Waals surface area (Å²) in [6.07, 6.45) is 0. The number of benzene rings is 3. The summed E-state index contributed by atoms with van der Waals surface area (Å²) in [7, 11) is 1.36. The molecule has 0 aliphatic rings. The summed E-state index contributed by atoms with van der Waals surface area (Å²) < 4.78 is 20.4. The van der Waals surface area contributed by atoms with Gasteiger partial charge in [0, 0.05) is 5.56 Å². The molecule has 0 saturated carbocycles. The third-order valence-corrected chi connectivity index (χ3v) is 4.84. The molecule has 0 aliphatic carbocycles. The monoisotopic (exact) mass is 433 g/mol. The molecule has 0 radical (unpaired) electrons. The van der Waals surface area contributed by atoms with Gasteiger partial charge < -0.3 is 9.84 Å². The fourth-order valence-corrected chi connectivity index (χ4v) is 3.55. The summed E-state index contributed by atoms with van der Waals surface area (Å²) in [6, 6.07) is 15.7. The SMILES string of the molecule is COc1c(-c2ccccc2)cc(Cl)c(N(F)C(=O)c2ccccc2C(=O)O)c1Cl. The Labute approximate surface area is 175 Å². The lowest BCUT2D eigenvalue weighted by Gasteiger charge is -2.20. The highest BCUT2D eigenvalue weighted by atomic mass is 35.5. The lowest BCUT2D eigenvalue weighted by molar-refractivity contribution is 0.0690. The molecule has 5 nitrogen and oxygen atoms in total. The van der Waals surface area contributed by atoms with E-state index in [1.165, 1.54) is 37.4 Å². The Morgan fingerprint density at radius 1 is 1.00 bits per heavy atom. The van der Waals surface area contributed by atoms with Crippen molar-refractivity contribution in [2.45, 2.75) is 0 Å². The van der Waals surface area contributed by atoms with Gasteiger partial charge in [0.1, 0.15) is 16.5 Å². The van der Waals surface area contributed by atoms with Crippen LogP contribution in [0.2, 0.25) is 10.0 Å². The molecule has 0 aromatic heterocycles. The highest BCUT2D eigenvalue weighted by Crippen LogP contribution is 2.47. The number of anilines is 1. The maximum atomic E-state index is 15.1. The number of amides is 1. The number of carbonyl (C=O) groups is 2. The lowest BCUT2D eigenvalue weighted by Crippen LogP contribution is -2.25. The van der Waals surface area contributed by atoms with E-state index in [1.807, 2.05) is 6.07 Å². The first-order valence-electron chi connectivity index (χ1n) is 8.30. The van der Waals surface area contributed by atoms with Gasteiger partial charge in [-0.25, -0.2) is 4.79 Å². The Hall–Kier alpha value is -3.09. The van der Waals surface area contributed by atoms with Gasteiger partial charge in [0.25, 0.3) is 5.91 Å². The molecular formula is C21H14Cl2FNO4. The van der Waals surface area contributed by atoms with E-state index < -0.39 is 17.6 Å². The van der Waals surface area contributed by atoms with Gasteiger partial charge in [0.15, 0.2) is 0 Å². The Kier molecular flexibility index (Phi) is 6.06. The molecule has 0 aliphatic heterocycles. The largest absolute Gasteiger partial charge is 0.494 e. The van der Waals surface area contributed by atoms with Gasteiger partial charge in [0.05, 0.1) is 23.3 Å². The Bertz CT molecular complexity index is 1090. The number of carboxylic acid groups (broad SMARTS) is 1. The summed E-state index contributed by atoms with van der Waals surface area (Å²) in [5, 5.41) is 8.62. The summed E-state index contributed by atoms with van der Waals surface area (Å²) in [5.74, 6) is -2.46. The van der Waals surface area contributed by atoms with E-state index in [-0.39, 0.29) is 32.0 Å². The van der Waals surface area contributed by atoms with E-state index in [1.54, 1.807) is 24.3 Å². The zero-order valence-electron chi connectivity index (χ0n) is 15.0. The molecule has 148 valence electrons. The van der Waals surface area contributed by atoms with Crippen molar-refractivity contribution < 1.29 is 23.9 Å². The number of halogens is 3. The smallest absolute Gasteiger partial charge is 0.336 e. The lowest BCUT2D eigenvalue weighted by atomic mass is 10.0. The summed E-state index contributed by atoms with van der Waals surface area (Å²) in [5.41, 5.74) is 0.113. The van der Waals surface area contributed by atoms with Crippen LogP contribution in [-0.2, 0) is 0 Å². The van der Waals surface area contributed by atoms with Crippen LogP contribution in [0.5, 0.6) is 5.75 Å². The molecule has 0 atom stereocenters. The molecule has 1 N–H and O–H groups in total. The maximum absolute atomic E-state index is 15.1. The van der Waals surface area contributed by atoms with Crippen LogP contribution in [0.1, 0.15) is 20.7 Å². The zero-order chi connectivity index (χ0) is 21.1. The summed E-state index contributed by atoms with van der Waals surface area (Å²) in [4.78, 5) is 24.0. The molecule has 3 aromatic carbocycles. The second-order valence-corrected chi connectivity index (χ2v) is 6.69. The van der Waals surface area contributed by atoms with Crippen LogP contribution < -0.4 is 9.86 Å². The summed E-state index contributed by atoms with van der Waals surface area (Å²) >= 11 is 12.6. The Morgan fingerprint density at radius 3 is 2.17 bits per heavy atom. The molecule has 3 aromatic rings. The third-order valence-electron chi connectivity index (χ3n) is 4.20.